The molecule has 1 aliphatic heterocycles. The molecule has 0 spiro atoms. The van der Waals surface area contributed by atoms with E-state index in [1.807, 2.05) is 0 Å². The van der Waals surface area contributed by atoms with Crippen LogP contribution >= 0.6 is 0 Å². The van der Waals surface area contributed by atoms with Crippen molar-refractivity contribution < 1.29 is 25.2 Å². The summed E-state index contributed by atoms with van der Waals surface area (Å²) in [4.78, 5) is 0. The molecule has 0 saturated carbocycles. The maximum absolute atomic E-state index is 9.18. The maximum Gasteiger partial charge on any atom is 0.135 e. The Hall–Kier alpha value is -0.240. The normalized spacial score (nSPS) is 49.2. The van der Waals surface area contributed by atoms with E-state index in [0.29, 0.717) is 0 Å². The third kappa shape index (κ3) is 1.58. The molecule has 0 aromatic heterocycles. The number of hydrogen-bond donors (Lipinski definition) is 5. The minimum absolute atomic E-state index is 0.446. The van der Waals surface area contributed by atoms with Crippen LogP contribution in [0, 0.1) is 0 Å². The lowest BCUT2D eigenvalue weighted by Gasteiger charge is -2.38. The molecular weight excluding hydrogens is 166 g/mol. The van der Waals surface area contributed by atoms with Crippen molar-refractivity contribution in [2.75, 3.05) is 6.61 Å². The van der Waals surface area contributed by atoms with E-state index in [0.717, 1.165) is 0 Å². The summed E-state index contributed by atoms with van der Waals surface area (Å²) in [7, 11) is 0. The second kappa shape index (κ2) is 3.65. The van der Waals surface area contributed by atoms with E-state index in [9.17, 15) is 5.11 Å². The third-order valence-electron chi connectivity index (χ3n) is 1.93. The molecule has 1 fully saturated rings. The molecule has 0 aromatic rings. The molecule has 6 heteroatoms. The number of hydrogen-bond acceptors (Lipinski definition) is 6. The highest BCUT2D eigenvalue weighted by Gasteiger charge is 2.41. The zero-order chi connectivity index (χ0) is 9.30. The van der Waals surface area contributed by atoms with Crippen LogP contribution in [0.15, 0.2) is 0 Å². The van der Waals surface area contributed by atoms with Gasteiger partial charge >= 0.3 is 0 Å². The van der Waals surface area contributed by atoms with Crippen molar-refractivity contribution >= 4 is 0 Å². The lowest BCUT2D eigenvalue weighted by Crippen LogP contribution is -2.61. The summed E-state index contributed by atoms with van der Waals surface area (Å²) in [5.74, 6) is 0. The van der Waals surface area contributed by atoms with Crippen molar-refractivity contribution in [3.05, 3.63) is 0 Å². The first kappa shape index (κ1) is 9.85. The van der Waals surface area contributed by atoms with Crippen LogP contribution in [0.1, 0.15) is 0 Å². The fourth-order valence-corrected chi connectivity index (χ4v) is 1.13. The molecule has 0 amide bonds. The Balaban J connectivity index is 2.63. The molecule has 72 valence electrons. The van der Waals surface area contributed by atoms with E-state index in [4.69, 9.17) is 25.8 Å². The van der Waals surface area contributed by atoms with Gasteiger partial charge in [-0.3, -0.25) is 0 Å². The van der Waals surface area contributed by atoms with Gasteiger partial charge in [0.05, 0.1) is 6.61 Å². The van der Waals surface area contributed by atoms with Crippen LogP contribution in [0.2, 0.25) is 0 Å². The van der Waals surface area contributed by atoms with Crippen LogP contribution in [0.3, 0.4) is 0 Å². The van der Waals surface area contributed by atoms with Gasteiger partial charge in [-0.15, -0.1) is 0 Å². The Morgan fingerprint density at radius 3 is 2.17 bits per heavy atom. The van der Waals surface area contributed by atoms with Crippen molar-refractivity contribution in [2.45, 2.75) is 30.6 Å². The molecule has 6 N–H and O–H groups in total. The third-order valence-corrected chi connectivity index (χ3v) is 1.93. The molecule has 1 aliphatic rings. The molecule has 0 bridgehead atoms. The molecule has 1 heterocycles. The van der Waals surface area contributed by atoms with Crippen molar-refractivity contribution in [1.29, 1.82) is 0 Å². The van der Waals surface area contributed by atoms with Gasteiger partial charge in [0, 0.05) is 0 Å². The molecule has 0 aromatic carbocycles. The molecule has 0 aliphatic carbocycles. The molecule has 12 heavy (non-hydrogen) atoms. The average Bonchev–Trinajstić information content (AvgIpc) is 2.08. The van der Waals surface area contributed by atoms with E-state index in [1.54, 1.807) is 0 Å². The van der Waals surface area contributed by atoms with E-state index >= 15 is 0 Å². The summed E-state index contributed by atoms with van der Waals surface area (Å²) >= 11 is 0. The molecule has 4 unspecified atom stereocenters. The molecule has 1 saturated heterocycles. The number of ether oxygens (including phenoxy) is 1. The minimum atomic E-state index is -1.37. The molecule has 1 rings (SSSR count). The SMILES string of the molecule is N[C@@H]1OC(CO)C(O)C(O)C1O. The van der Waals surface area contributed by atoms with Gasteiger partial charge in [0.15, 0.2) is 0 Å². The Bertz CT molecular complexity index is 150. The Morgan fingerprint density at radius 2 is 1.67 bits per heavy atom. The Labute approximate surface area is 69.2 Å². The summed E-state index contributed by atoms with van der Waals surface area (Å²) in [6.45, 7) is -0.446. The highest BCUT2D eigenvalue weighted by atomic mass is 16.6. The number of aliphatic hydroxyl groups excluding tert-OH is 4. The van der Waals surface area contributed by atoms with Gasteiger partial charge in [-0.05, 0) is 0 Å². The van der Waals surface area contributed by atoms with Gasteiger partial charge in [-0.25, -0.2) is 0 Å². The summed E-state index contributed by atoms with van der Waals surface area (Å²) in [5, 5.41) is 36.1. The highest BCUT2D eigenvalue weighted by molar-refractivity contribution is 4.89. The van der Waals surface area contributed by atoms with Gasteiger partial charge in [-0.1, -0.05) is 0 Å². The monoisotopic (exact) mass is 179 g/mol. The fourth-order valence-electron chi connectivity index (χ4n) is 1.13. The second-order valence-electron chi connectivity index (χ2n) is 2.79. The summed E-state index contributed by atoms with van der Waals surface area (Å²) < 4.78 is 4.80. The van der Waals surface area contributed by atoms with E-state index in [-0.39, 0.29) is 0 Å². The number of aliphatic hydroxyl groups is 4. The van der Waals surface area contributed by atoms with Gasteiger partial charge in [0.1, 0.15) is 30.6 Å². The largest absolute Gasteiger partial charge is 0.394 e. The predicted molar refractivity (Wildman–Crippen MR) is 38.0 cm³/mol. The number of nitrogens with two attached hydrogens (primary N) is 1. The van der Waals surface area contributed by atoms with Crippen molar-refractivity contribution in [2.24, 2.45) is 5.73 Å². The summed E-state index contributed by atoms with van der Waals surface area (Å²) in [6.07, 6.45) is -5.99. The van der Waals surface area contributed by atoms with Crippen LogP contribution < -0.4 is 5.73 Å². The van der Waals surface area contributed by atoms with Gasteiger partial charge in [0.2, 0.25) is 0 Å². The fraction of sp³-hybridized carbons (Fsp3) is 1.00. The maximum atomic E-state index is 9.18. The first-order valence-corrected chi connectivity index (χ1v) is 3.64. The van der Waals surface area contributed by atoms with E-state index in [1.165, 1.54) is 0 Å². The molecule has 5 atom stereocenters. The standard InChI is InChI=1S/C6H13NO5/c7-6-5(11)4(10)3(9)2(1-8)12-6/h2-6,8-11H,1,7H2/t2?,3?,4?,5?,6-/m1/s1. The van der Waals surface area contributed by atoms with E-state index < -0.39 is 37.3 Å². The molecule has 6 nitrogen and oxygen atoms in total. The van der Waals surface area contributed by atoms with E-state index in [2.05, 4.69) is 0 Å². The molecular formula is C6H13NO5. The zero-order valence-electron chi connectivity index (χ0n) is 6.37. The topological polar surface area (TPSA) is 116 Å². The predicted octanol–water partition coefficient (Wildman–Crippen LogP) is -3.25. The number of rotatable bonds is 1. The van der Waals surface area contributed by atoms with Crippen molar-refractivity contribution in [1.82, 2.24) is 0 Å². The first-order valence-electron chi connectivity index (χ1n) is 3.64. The highest BCUT2D eigenvalue weighted by Crippen LogP contribution is 2.17. The second-order valence-corrected chi connectivity index (χ2v) is 2.79. The lowest BCUT2D eigenvalue weighted by atomic mass is 9.99. The molecule has 0 radical (unpaired) electrons. The first-order chi connectivity index (χ1) is 5.57. The van der Waals surface area contributed by atoms with Gasteiger partial charge in [-0.2, -0.15) is 0 Å². The van der Waals surface area contributed by atoms with Crippen LogP contribution in [0.4, 0.5) is 0 Å². The quantitative estimate of drug-likeness (QED) is 0.288. The Morgan fingerprint density at radius 1 is 1.08 bits per heavy atom. The van der Waals surface area contributed by atoms with Crippen LogP contribution in [-0.4, -0.2) is 57.7 Å². The minimum Gasteiger partial charge on any atom is -0.394 e. The average molecular weight is 179 g/mol. The van der Waals surface area contributed by atoms with Crippen molar-refractivity contribution in [3.8, 4) is 0 Å². The van der Waals surface area contributed by atoms with Crippen LogP contribution in [0.25, 0.3) is 0 Å². The van der Waals surface area contributed by atoms with Crippen molar-refractivity contribution in [3.63, 3.8) is 0 Å². The van der Waals surface area contributed by atoms with Gasteiger partial charge in [0.25, 0.3) is 0 Å². The van der Waals surface area contributed by atoms with Crippen LogP contribution in [-0.2, 0) is 4.74 Å². The van der Waals surface area contributed by atoms with Crippen LogP contribution in [0.5, 0.6) is 0 Å². The smallest absolute Gasteiger partial charge is 0.135 e. The zero-order valence-corrected chi connectivity index (χ0v) is 6.37. The summed E-state index contributed by atoms with van der Waals surface area (Å²) in [5.41, 5.74) is 5.24. The lowest BCUT2D eigenvalue weighted by molar-refractivity contribution is -0.227. The summed E-state index contributed by atoms with van der Waals surface area (Å²) in [6, 6.07) is 0. The Kier molecular flexibility index (Phi) is 2.99. The van der Waals surface area contributed by atoms with Gasteiger partial charge < -0.3 is 30.9 Å².